The largest absolute Gasteiger partial charge is 0.507 e. The number of aromatic nitrogens is 1. The van der Waals surface area contributed by atoms with E-state index in [9.17, 15) is 5.11 Å². The Bertz CT molecular complexity index is 1110. The molecule has 1 aromatic heterocycles. The SMILES string of the molecule is CCn1c2ccccc2c2cc(N=Cc3ccc(C)cc3O)ccc21. The molecule has 1 heterocycles. The van der Waals surface area contributed by atoms with Crippen LogP contribution in [0.4, 0.5) is 5.69 Å². The third-order valence-electron chi connectivity index (χ3n) is 4.61. The van der Waals surface area contributed by atoms with E-state index in [0.29, 0.717) is 0 Å². The summed E-state index contributed by atoms with van der Waals surface area (Å²) in [4.78, 5) is 4.56. The smallest absolute Gasteiger partial charge is 0.124 e. The number of para-hydroxylation sites is 1. The van der Waals surface area contributed by atoms with Crippen molar-refractivity contribution in [2.24, 2.45) is 4.99 Å². The topological polar surface area (TPSA) is 37.5 Å². The molecule has 0 unspecified atom stereocenters. The van der Waals surface area contributed by atoms with Gasteiger partial charge in [-0.25, -0.2) is 0 Å². The van der Waals surface area contributed by atoms with Gasteiger partial charge in [-0.2, -0.15) is 0 Å². The molecule has 3 heteroatoms. The van der Waals surface area contributed by atoms with Crippen LogP contribution in [0.15, 0.2) is 65.7 Å². The Balaban J connectivity index is 1.81. The average Bonchev–Trinajstić information content (AvgIpc) is 2.94. The van der Waals surface area contributed by atoms with Crippen molar-refractivity contribution >= 4 is 33.7 Å². The Hall–Kier alpha value is -3.07. The first kappa shape index (κ1) is 15.5. The van der Waals surface area contributed by atoms with E-state index in [2.05, 4.69) is 52.9 Å². The van der Waals surface area contributed by atoms with Crippen molar-refractivity contribution < 1.29 is 5.11 Å². The van der Waals surface area contributed by atoms with Crippen LogP contribution in [0.1, 0.15) is 18.1 Å². The minimum Gasteiger partial charge on any atom is -0.507 e. The van der Waals surface area contributed by atoms with Gasteiger partial charge in [-0.3, -0.25) is 4.99 Å². The number of fused-ring (bicyclic) bond motifs is 3. The Morgan fingerprint density at radius 3 is 2.56 bits per heavy atom. The van der Waals surface area contributed by atoms with Gasteiger partial charge in [0.2, 0.25) is 0 Å². The van der Waals surface area contributed by atoms with Gasteiger partial charge in [-0.1, -0.05) is 24.3 Å². The van der Waals surface area contributed by atoms with E-state index in [1.165, 1.54) is 21.8 Å². The van der Waals surface area contributed by atoms with E-state index in [1.54, 1.807) is 12.3 Å². The average molecular weight is 328 g/mol. The van der Waals surface area contributed by atoms with Crippen LogP contribution >= 0.6 is 0 Å². The normalized spacial score (nSPS) is 11.8. The zero-order valence-electron chi connectivity index (χ0n) is 14.4. The van der Waals surface area contributed by atoms with Crippen molar-refractivity contribution in [1.82, 2.24) is 4.57 Å². The van der Waals surface area contributed by atoms with Crippen LogP contribution in [0.25, 0.3) is 21.8 Å². The number of rotatable bonds is 3. The van der Waals surface area contributed by atoms with Gasteiger partial charge in [-0.15, -0.1) is 0 Å². The second-order valence-electron chi connectivity index (χ2n) is 6.28. The third kappa shape index (κ3) is 2.68. The first-order valence-electron chi connectivity index (χ1n) is 8.52. The van der Waals surface area contributed by atoms with Crippen molar-refractivity contribution in [2.45, 2.75) is 20.4 Å². The van der Waals surface area contributed by atoms with Gasteiger partial charge in [-0.05, 0) is 55.8 Å². The summed E-state index contributed by atoms with van der Waals surface area (Å²) in [5.41, 5.74) is 5.11. The van der Waals surface area contributed by atoms with E-state index in [-0.39, 0.29) is 5.75 Å². The fourth-order valence-electron chi connectivity index (χ4n) is 3.37. The Kier molecular flexibility index (Phi) is 3.77. The summed E-state index contributed by atoms with van der Waals surface area (Å²) in [6, 6.07) is 20.3. The van der Waals surface area contributed by atoms with Crippen molar-refractivity contribution in [2.75, 3.05) is 0 Å². The highest BCUT2D eigenvalue weighted by molar-refractivity contribution is 6.09. The Labute approximate surface area is 146 Å². The van der Waals surface area contributed by atoms with E-state index in [1.807, 2.05) is 25.1 Å². The maximum absolute atomic E-state index is 10.0. The Morgan fingerprint density at radius 2 is 1.76 bits per heavy atom. The molecule has 0 saturated carbocycles. The molecule has 0 aliphatic carbocycles. The van der Waals surface area contributed by atoms with Crippen LogP contribution in [0.5, 0.6) is 5.75 Å². The molecule has 4 aromatic rings. The van der Waals surface area contributed by atoms with E-state index < -0.39 is 0 Å². The minimum absolute atomic E-state index is 0.257. The lowest BCUT2D eigenvalue weighted by atomic mass is 10.1. The molecule has 4 rings (SSSR count). The molecule has 3 nitrogen and oxygen atoms in total. The van der Waals surface area contributed by atoms with Crippen LogP contribution in [-0.2, 0) is 6.54 Å². The van der Waals surface area contributed by atoms with Crippen LogP contribution in [0.2, 0.25) is 0 Å². The van der Waals surface area contributed by atoms with Crippen molar-refractivity contribution in [1.29, 1.82) is 0 Å². The summed E-state index contributed by atoms with van der Waals surface area (Å²) in [5.74, 6) is 0.257. The third-order valence-corrected chi connectivity index (χ3v) is 4.61. The molecule has 0 bridgehead atoms. The predicted octanol–water partition coefficient (Wildman–Crippen LogP) is 5.58. The number of aromatic hydroxyl groups is 1. The molecule has 0 atom stereocenters. The molecule has 25 heavy (non-hydrogen) atoms. The van der Waals surface area contributed by atoms with Crippen molar-refractivity contribution in [3.05, 3.63) is 71.8 Å². The molecule has 0 spiro atoms. The summed E-state index contributed by atoms with van der Waals surface area (Å²) in [6.07, 6.45) is 1.72. The molecule has 0 aliphatic rings. The predicted molar refractivity (Wildman–Crippen MR) is 105 cm³/mol. The molecule has 1 N–H and O–H groups in total. The number of hydrogen-bond acceptors (Lipinski definition) is 2. The van der Waals surface area contributed by atoms with Gasteiger partial charge < -0.3 is 9.67 Å². The van der Waals surface area contributed by atoms with Crippen LogP contribution in [-0.4, -0.2) is 15.9 Å². The van der Waals surface area contributed by atoms with E-state index in [0.717, 1.165) is 23.4 Å². The van der Waals surface area contributed by atoms with Gasteiger partial charge in [0.25, 0.3) is 0 Å². The molecule has 3 aromatic carbocycles. The fraction of sp³-hybridized carbons (Fsp3) is 0.136. The first-order valence-corrected chi connectivity index (χ1v) is 8.52. The summed E-state index contributed by atoms with van der Waals surface area (Å²) in [7, 11) is 0. The lowest BCUT2D eigenvalue weighted by Crippen LogP contribution is -1.92. The molecule has 0 amide bonds. The van der Waals surface area contributed by atoms with Crippen LogP contribution in [0.3, 0.4) is 0 Å². The molecular weight excluding hydrogens is 308 g/mol. The molecule has 0 aliphatic heterocycles. The van der Waals surface area contributed by atoms with Gasteiger partial charge in [0, 0.05) is 40.1 Å². The Morgan fingerprint density at radius 1 is 0.960 bits per heavy atom. The van der Waals surface area contributed by atoms with Gasteiger partial charge in [0.15, 0.2) is 0 Å². The van der Waals surface area contributed by atoms with Gasteiger partial charge in [0.05, 0.1) is 5.69 Å². The summed E-state index contributed by atoms with van der Waals surface area (Å²) >= 11 is 0. The number of aryl methyl sites for hydroxylation is 2. The second-order valence-corrected chi connectivity index (χ2v) is 6.28. The number of aliphatic imine (C=N–C) groups is 1. The number of hydrogen-bond donors (Lipinski definition) is 1. The highest BCUT2D eigenvalue weighted by Crippen LogP contribution is 2.31. The van der Waals surface area contributed by atoms with Crippen molar-refractivity contribution in [3.8, 4) is 5.75 Å². The van der Waals surface area contributed by atoms with Crippen molar-refractivity contribution in [3.63, 3.8) is 0 Å². The lowest BCUT2D eigenvalue weighted by Gasteiger charge is -2.03. The highest BCUT2D eigenvalue weighted by Gasteiger charge is 2.09. The molecular formula is C22H20N2O. The zero-order valence-corrected chi connectivity index (χ0v) is 14.4. The monoisotopic (exact) mass is 328 g/mol. The van der Waals surface area contributed by atoms with E-state index in [4.69, 9.17) is 0 Å². The molecule has 124 valence electrons. The minimum atomic E-state index is 0.257. The summed E-state index contributed by atoms with van der Waals surface area (Å²) in [5, 5.41) is 12.5. The number of benzene rings is 3. The molecule has 0 fully saturated rings. The second kappa shape index (κ2) is 6.10. The maximum atomic E-state index is 10.0. The zero-order chi connectivity index (χ0) is 17.4. The molecule has 0 saturated heterocycles. The van der Waals surface area contributed by atoms with Gasteiger partial charge in [0.1, 0.15) is 5.75 Å². The summed E-state index contributed by atoms with van der Waals surface area (Å²) < 4.78 is 2.32. The lowest BCUT2D eigenvalue weighted by molar-refractivity contribution is 0.474. The standard InChI is InChI=1S/C22H20N2O/c1-3-24-20-7-5-4-6-18(20)19-13-17(10-11-21(19)24)23-14-16-9-8-15(2)12-22(16)25/h4-14,25H,3H2,1-2H3. The maximum Gasteiger partial charge on any atom is 0.124 e. The van der Waals surface area contributed by atoms with E-state index >= 15 is 0 Å². The van der Waals surface area contributed by atoms with Gasteiger partial charge >= 0.3 is 0 Å². The quantitative estimate of drug-likeness (QED) is 0.490. The summed E-state index contributed by atoms with van der Waals surface area (Å²) in [6.45, 7) is 5.06. The van der Waals surface area contributed by atoms with Crippen LogP contribution < -0.4 is 0 Å². The first-order chi connectivity index (χ1) is 12.2. The fourth-order valence-corrected chi connectivity index (χ4v) is 3.37. The number of phenolic OH excluding ortho intramolecular Hbond substituents is 1. The number of nitrogens with zero attached hydrogens (tertiary/aromatic N) is 2. The highest BCUT2D eigenvalue weighted by atomic mass is 16.3. The number of phenols is 1. The van der Waals surface area contributed by atoms with Crippen LogP contribution in [0, 0.1) is 6.92 Å². The molecule has 0 radical (unpaired) electrons.